The first kappa shape index (κ1) is 17.9. The summed E-state index contributed by atoms with van der Waals surface area (Å²) in [6.07, 6.45) is 0. The van der Waals surface area contributed by atoms with Crippen LogP contribution in [0.3, 0.4) is 0 Å². The molecule has 27 heavy (non-hydrogen) atoms. The summed E-state index contributed by atoms with van der Waals surface area (Å²) >= 11 is 4.58. The van der Waals surface area contributed by atoms with E-state index in [1.165, 1.54) is 28.3 Å². The highest BCUT2D eigenvalue weighted by Crippen LogP contribution is 2.30. The zero-order valence-electron chi connectivity index (χ0n) is 13.7. The van der Waals surface area contributed by atoms with E-state index >= 15 is 0 Å². The van der Waals surface area contributed by atoms with Gasteiger partial charge in [-0.05, 0) is 47.8 Å². The molecule has 0 unspecified atom stereocenters. The molecule has 0 radical (unpaired) electrons. The van der Waals surface area contributed by atoms with Crippen LogP contribution in [0.25, 0.3) is 11.3 Å². The number of carbonyl (C=O) groups is 1. The fourth-order valence-electron chi connectivity index (χ4n) is 2.23. The van der Waals surface area contributed by atoms with E-state index in [4.69, 9.17) is 4.42 Å². The first-order valence-corrected chi connectivity index (χ1v) is 10.5. The Morgan fingerprint density at radius 2 is 2.00 bits per heavy atom. The number of anilines is 1. The maximum atomic E-state index is 13.0. The smallest absolute Gasteiger partial charge is 0.293 e. The number of rotatable bonds is 6. The van der Waals surface area contributed by atoms with Crippen molar-refractivity contribution in [1.29, 1.82) is 0 Å². The number of amides is 1. The average molecular weight is 418 g/mol. The normalized spacial score (nSPS) is 10.9. The predicted molar refractivity (Wildman–Crippen MR) is 106 cm³/mol. The van der Waals surface area contributed by atoms with E-state index in [1.807, 2.05) is 11.4 Å². The number of hydrogen-bond acceptors (Lipinski definition) is 7. The Morgan fingerprint density at radius 3 is 2.78 bits per heavy atom. The first-order chi connectivity index (χ1) is 13.2. The third kappa shape index (κ3) is 4.44. The minimum absolute atomic E-state index is 0.150. The topological polar surface area (TPSA) is 68.0 Å². The van der Waals surface area contributed by atoms with Gasteiger partial charge in [-0.15, -0.1) is 21.5 Å². The molecule has 3 heterocycles. The third-order valence-corrected chi connectivity index (χ3v) is 6.58. The lowest BCUT2D eigenvalue weighted by atomic mass is 10.2. The molecule has 9 heteroatoms. The lowest BCUT2D eigenvalue weighted by molar-refractivity contribution is 0.0997. The van der Waals surface area contributed by atoms with Crippen LogP contribution in [-0.2, 0) is 5.75 Å². The maximum Gasteiger partial charge on any atom is 0.293 e. The molecule has 136 valence electrons. The average Bonchev–Trinajstić information content (AvgIpc) is 3.42. The molecule has 4 rings (SSSR count). The highest BCUT2D eigenvalue weighted by Gasteiger charge is 2.15. The van der Waals surface area contributed by atoms with Crippen LogP contribution in [0.2, 0.25) is 0 Å². The number of thioether (sulfide) groups is 1. The Bertz CT molecular complexity index is 1040. The summed E-state index contributed by atoms with van der Waals surface area (Å²) in [7, 11) is 0. The van der Waals surface area contributed by atoms with Crippen molar-refractivity contribution in [2.75, 3.05) is 5.32 Å². The molecule has 1 aromatic carbocycles. The summed E-state index contributed by atoms with van der Waals surface area (Å²) in [5.41, 5.74) is 0.693. The molecule has 1 amide bonds. The molecule has 3 aromatic heterocycles. The number of halogens is 1. The van der Waals surface area contributed by atoms with Crippen molar-refractivity contribution in [3.63, 3.8) is 0 Å². The van der Waals surface area contributed by atoms with Crippen LogP contribution in [0.5, 0.6) is 0 Å². The standard InChI is InChI=1S/C18H12FN3O2S3/c19-12-5-3-11(4-6-12)14-7-8-15(24-14)16(23)20-17-21-22-18(27-17)26-10-13-2-1-9-25-13/h1-9H,10H2,(H,20,21,23). The highest BCUT2D eigenvalue weighted by molar-refractivity contribution is 8.00. The molecular formula is C18H12FN3O2S3. The SMILES string of the molecule is O=C(Nc1nnc(SCc2cccs2)s1)c1ccc(-c2ccc(F)cc2)o1. The van der Waals surface area contributed by atoms with E-state index in [1.54, 1.807) is 47.4 Å². The summed E-state index contributed by atoms with van der Waals surface area (Å²) < 4.78 is 19.4. The molecule has 4 aromatic rings. The summed E-state index contributed by atoms with van der Waals surface area (Å²) in [5, 5.41) is 13.2. The van der Waals surface area contributed by atoms with Crippen LogP contribution in [0, 0.1) is 5.82 Å². The summed E-state index contributed by atoms with van der Waals surface area (Å²) in [6.45, 7) is 0. The van der Waals surface area contributed by atoms with E-state index in [9.17, 15) is 9.18 Å². The van der Waals surface area contributed by atoms with Crippen LogP contribution in [-0.4, -0.2) is 16.1 Å². The number of hydrogen-bond donors (Lipinski definition) is 1. The summed E-state index contributed by atoms with van der Waals surface area (Å²) in [4.78, 5) is 13.6. The monoisotopic (exact) mass is 417 g/mol. The molecule has 0 saturated heterocycles. The summed E-state index contributed by atoms with van der Waals surface area (Å²) in [5.74, 6) is 0.725. The Hall–Kier alpha value is -2.49. The second-order valence-corrected chi connectivity index (χ2v) is 8.60. The van der Waals surface area contributed by atoms with Gasteiger partial charge in [-0.3, -0.25) is 10.1 Å². The molecule has 0 fully saturated rings. The van der Waals surface area contributed by atoms with Gasteiger partial charge < -0.3 is 4.42 Å². The Labute approximate surface area is 166 Å². The molecule has 0 aliphatic rings. The van der Waals surface area contributed by atoms with Crippen LogP contribution in [0.15, 0.2) is 62.7 Å². The van der Waals surface area contributed by atoms with Gasteiger partial charge in [-0.25, -0.2) is 4.39 Å². The quantitative estimate of drug-likeness (QED) is 0.329. The number of nitrogens with one attached hydrogen (secondary N) is 1. The Morgan fingerprint density at radius 1 is 1.15 bits per heavy atom. The number of nitrogens with zero attached hydrogens (tertiary/aromatic N) is 2. The number of carbonyl (C=O) groups excluding carboxylic acids is 1. The zero-order valence-corrected chi connectivity index (χ0v) is 16.2. The predicted octanol–water partition coefficient (Wildman–Crippen LogP) is 5.54. The van der Waals surface area contributed by atoms with Gasteiger partial charge in [0.25, 0.3) is 5.91 Å². The lowest BCUT2D eigenvalue weighted by Crippen LogP contribution is -2.10. The molecule has 1 N–H and O–H groups in total. The van der Waals surface area contributed by atoms with Crippen molar-refractivity contribution < 1.29 is 13.6 Å². The van der Waals surface area contributed by atoms with Crippen molar-refractivity contribution in [3.8, 4) is 11.3 Å². The van der Waals surface area contributed by atoms with E-state index in [0.717, 1.165) is 10.1 Å². The molecule has 0 spiro atoms. The molecule has 0 atom stereocenters. The van der Waals surface area contributed by atoms with Crippen LogP contribution < -0.4 is 5.32 Å². The second-order valence-electron chi connectivity index (χ2n) is 5.37. The van der Waals surface area contributed by atoms with E-state index in [2.05, 4.69) is 21.6 Å². The molecule has 0 aliphatic heterocycles. The van der Waals surface area contributed by atoms with Crippen LogP contribution in [0.1, 0.15) is 15.4 Å². The summed E-state index contributed by atoms with van der Waals surface area (Å²) in [6, 6.07) is 13.2. The minimum Gasteiger partial charge on any atom is -0.451 e. The van der Waals surface area contributed by atoms with Gasteiger partial charge >= 0.3 is 0 Å². The van der Waals surface area contributed by atoms with Gasteiger partial charge in [-0.2, -0.15) is 0 Å². The molecular weight excluding hydrogens is 405 g/mol. The van der Waals surface area contributed by atoms with Crippen LogP contribution >= 0.6 is 34.4 Å². The molecule has 0 saturated carbocycles. The highest BCUT2D eigenvalue weighted by atomic mass is 32.2. The number of thiophene rings is 1. The van der Waals surface area contributed by atoms with E-state index in [-0.39, 0.29) is 11.6 Å². The van der Waals surface area contributed by atoms with Gasteiger partial charge in [-0.1, -0.05) is 29.2 Å². The van der Waals surface area contributed by atoms with Crippen molar-refractivity contribution >= 4 is 45.5 Å². The number of furan rings is 1. The van der Waals surface area contributed by atoms with Gasteiger partial charge in [0, 0.05) is 16.2 Å². The zero-order chi connectivity index (χ0) is 18.6. The van der Waals surface area contributed by atoms with Crippen molar-refractivity contribution in [1.82, 2.24) is 10.2 Å². The van der Waals surface area contributed by atoms with Crippen LogP contribution in [0.4, 0.5) is 9.52 Å². The van der Waals surface area contributed by atoms with E-state index < -0.39 is 5.91 Å². The molecule has 0 bridgehead atoms. The van der Waals surface area contributed by atoms with Gasteiger partial charge in [0.2, 0.25) is 5.13 Å². The second kappa shape index (κ2) is 8.03. The molecule has 0 aliphatic carbocycles. The van der Waals surface area contributed by atoms with Gasteiger partial charge in [0.1, 0.15) is 11.6 Å². The Kier molecular flexibility index (Phi) is 5.33. The van der Waals surface area contributed by atoms with Crippen molar-refractivity contribution in [2.45, 2.75) is 10.1 Å². The minimum atomic E-state index is -0.408. The molecule has 5 nitrogen and oxygen atoms in total. The Balaban J connectivity index is 1.38. The van der Waals surface area contributed by atoms with Gasteiger partial charge in [0.05, 0.1) is 0 Å². The van der Waals surface area contributed by atoms with Gasteiger partial charge in [0.15, 0.2) is 10.1 Å². The number of benzene rings is 1. The largest absolute Gasteiger partial charge is 0.451 e. The number of aromatic nitrogens is 2. The lowest BCUT2D eigenvalue weighted by Gasteiger charge is -1.98. The maximum absolute atomic E-state index is 13.0. The third-order valence-electron chi connectivity index (χ3n) is 3.50. The van der Waals surface area contributed by atoms with Crippen molar-refractivity contribution in [3.05, 3.63) is 70.4 Å². The fourth-order valence-corrected chi connectivity index (χ4v) is 4.75. The van der Waals surface area contributed by atoms with E-state index in [0.29, 0.717) is 16.5 Å². The van der Waals surface area contributed by atoms with Crippen molar-refractivity contribution in [2.24, 2.45) is 0 Å². The first-order valence-electron chi connectivity index (χ1n) is 7.83. The fraction of sp³-hybridized carbons (Fsp3) is 0.0556.